The molecule has 1 aliphatic rings. The highest BCUT2D eigenvalue weighted by molar-refractivity contribution is 6.76. The zero-order valence-electron chi connectivity index (χ0n) is 14.5. The summed E-state index contributed by atoms with van der Waals surface area (Å²) in [7, 11) is -1.04. The maximum absolute atomic E-state index is 11.3. The monoisotopic (exact) mass is 336 g/mol. The van der Waals surface area contributed by atoms with Gasteiger partial charge in [0.25, 0.3) is 0 Å². The van der Waals surface area contributed by atoms with E-state index in [1.54, 1.807) is 6.20 Å². The Morgan fingerprint density at radius 1 is 1.22 bits per heavy atom. The molecule has 0 saturated heterocycles. The van der Waals surface area contributed by atoms with Crippen LogP contribution in [0.4, 0.5) is 0 Å². The molecule has 1 fully saturated rings. The second-order valence-corrected chi connectivity index (χ2v) is 13.0. The number of ketones is 1. The van der Waals surface area contributed by atoms with Crippen molar-refractivity contribution in [2.24, 2.45) is 0 Å². The lowest BCUT2D eigenvalue weighted by atomic mass is 9.88. The van der Waals surface area contributed by atoms with Crippen molar-refractivity contribution >= 4 is 13.9 Å². The molecule has 1 aliphatic carbocycles. The lowest BCUT2D eigenvalue weighted by Gasteiger charge is -2.19. The number of ether oxygens (including phenoxy) is 2. The Kier molecular flexibility index (Phi) is 6.86. The van der Waals surface area contributed by atoms with Gasteiger partial charge in [-0.2, -0.15) is 0 Å². The van der Waals surface area contributed by atoms with Crippen LogP contribution in [0.1, 0.15) is 43.1 Å². The van der Waals surface area contributed by atoms with Crippen LogP contribution in [-0.2, 0) is 20.9 Å². The Morgan fingerprint density at radius 2 is 1.96 bits per heavy atom. The van der Waals surface area contributed by atoms with Crippen LogP contribution in [0.5, 0.6) is 0 Å². The van der Waals surface area contributed by atoms with Gasteiger partial charge < -0.3 is 9.47 Å². The smallest absolute Gasteiger partial charge is 0.147 e. The molecule has 0 N–H and O–H groups in total. The van der Waals surface area contributed by atoms with E-state index in [0.717, 1.165) is 37.0 Å². The SMILES string of the molecule is C[Si](C)(C)CCOCOCc1ccnc(C2CCC(=O)CC2)n1. The summed E-state index contributed by atoms with van der Waals surface area (Å²) in [5, 5.41) is 0. The highest BCUT2D eigenvalue weighted by Crippen LogP contribution is 2.28. The van der Waals surface area contributed by atoms with Crippen molar-refractivity contribution in [2.45, 2.75) is 63.9 Å². The molecule has 0 atom stereocenters. The van der Waals surface area contributed by atoms with Gasteiger partial charge in [0.15, 0.2) is 0 Å². The van der Waals surface area contributed by atoms with Crippen molar-refractivity contribution in [3.8, 4) is 0 Å². The predicted molar refractivity (Wildman–Crippen MR) is 92.0 cm³/mol. The lowest BCUT2D eigenvalue weighted by Crippen LogP contribution is -2.22. The molecule has 0 aromatic carbocycles. The summed E-state index contributed by atoms with van der Waals surface area (Å²) in [6, 6.07) is 3.02. The zero-order valence-corrected chi connectivity index (χ0v) is 15.5. The van der Waals surface area contributed by atoms with Crippen LogP contribution in [0, 0.1) is 0 Å². The van der Waals surface area contributed by atoms with E-state index in [1.807, 2.05) is 6.07 Å². The first kappa shape index (κ1) is 18.2. The van der Waals surface area contributed by atoms with Gasteiger partial charge in [-0.15, -0.1) is 0 Å². The summed E-state index contributed by atoms with van der Waals surface area (Å²) < 4.78 is 11.1. The third kappa shape index (κ3) is 6.89. The Morgan fingerprint density at radius 3 is 2.65 bits per heavy atom. The number of Topliss-reactive ketones (excluding diaryl/α,β-unsaturated/α-hetero) is 1. The average Bonchev–Trinajstić information content (AvgIpc) is 2.51. The Labute approximate surface area is 139 Å². The van der Waals surface area contributed by atoms with Crippen LogP contribution in [-0.4, -0.2) is 37.2 Å². The number of rotatable bonds is 8. The third-order valence-corrected chi connectivity index (χ3v) is 5.76. The van der Waals surface area contributed by atoms with Crippen molar-refractivity contribution in [2.75, 3.05) is 13.4 Å². The van der Waals surface area contributed by atoms with Crippen molar-refractivity contribution in [3.63, 3.8) is 0 Å². The fourth-order valence-corrected chi connectivity index (χ4v) is 3.29. The molecule has 23 heavy (non-hydrogen) atoms. The number of carbonyl (C=O) groups excluding carboxylic acids is 1. The Bertz CT molecular complexity index is 507. The molecule has 0 unspecified atom stereocenters. The second-order valence-electron chi connectivity index (χ2n) is 7.40. The number of carbonyl (C=O) groups is 1. The van der Waals surface area contributed by atoms with E-state index in [-0.39, 0.29) is 0 Å². The van der Waals surface area contributed by atoms with Gasteiger partial charge in [0.1, 0.15) is 18.4 Å². The van der Waals surface area contributed by atoms with Crippen molar-refractivity contribution in [3.05, 3.63) is 23.8 Å². The molecule has 5 nitrogen and oxygen atoms in total. The van der Waals surface area contributed by atoms with E-state index >= 15 is 0 Å². The molecule has 2 rings (SSSR count). The fourth-order valence-electron chi connectivity index (χ4n) is 2.53. The first-order valence-electron chi connectivity index (χ1n) is 8.43. The summed E-state index contributed by atoms with van der Waals surface area (Å²) in [6.45, 7) is 8.51. The second kappa shape index (κ2) is 8.66. The first-order valence-corrected chi connectivity index (χ1v) is 12.1. The molecule has 1 heterocycles. The summed E-state index contributed by atoms with van der Waals surface area (Å²) in [4.78, 5) is 20.3. The summed E-state index contributed by atoms with van der Waals surface area (Å²) in [5.41, 5.74) is 0.876. The minimum Gasteiger partial charge on any atom is -0.356 e. The standard InChI is InChI=1S/C17H28N2O3Si/c1-23(2,3)11-10-21-13-22-12-15-8-9-18-17(19-15)14-4-6-16(20)7-5-14/h8-9,14H,4-7,10-13H2,1-3H3. The van der Waals surface area contributed by atoms with Crippen LogP contribution >= 0.6 is 0 Å². The van der Waals surface area contributed by atoms with Gasteiger partial charge in [-0.3, -0.25) is 4.79 Å². The highest BCUT2D eigenvalue weighted by Gasteiger charge is 2.22. The van der Waals surface area contributed by atoms with Gasteiger partial charge in [0.05, 0.1) is 12.3 Å². The molecule has 0 spiro atoms. The molecular formula is C17H28N2O3Si. The van der Waals surface area contributed by atoms with Crippen LogP contribution in [0.2, 0.25) is 25.7 Å². The lowest BCUT2D eigenvalue weighted by molar-refractivity contribution is -0.120. The Balaban J connectivity index is 1.72. The van der Waals surface area contributed by atoms with Gasteiger partial charge in [-0.25, -0.2) is 9.97 Å². The molecule has 1 saturated carbocycles. The quantitative estimate of drug-likeness (QED) is 0.413. The average molecular weight is 337 g/mol. The van der Waals surface area contributed by atoms with Crippen LogP contribution in [0.15, 0.2) is 12.3 Å². The number of aromatic nitrogens is 2. The minimum absolute atomic E-state index is 0.306. The molecule has 0 bridgehead atoms. The molecule has 1 aromatic heterocycles. The molecule has 0 radical (unpaired) electrons. The summed E-state index contributed by atoms with van der Waals surface area (Å²) in [6.07, 6.45) is 4.81. The first-order chi connectivity index (χ1) is 10.9. The third-order valence-electron chi connectivity index (χ3n) is 4.05. The molecule has 6 heteroatoms. The van der Waals surface area contributed by atoms with Gasteiger partial charge in [0, 0.05) is 39.6 Å². The largest absolute Gasteiger partial charge is 0.356 e. The van der Waals surface area contributed by atoms with Crippen LogP contribution < -0.4 is 0 Å². The Hall–Kier alpha value is -1.11. The molecule has 0 amide bonds. The maximum Gasteiger partial charge on any atom is 0.147 e. The molecule has 0 aliphatic heterocycles. The predicted octanol–water partition coefficient (Wildman–Crippen LogP) is 3.53. The van der Waals surface area contributed by atoms with E-state index in [1.165, 1.54) is 0 Å². The zero-order chi connectivity index (χ0) is 16.7. The number of hydrogen-bond donors (Lipinski definition) is 0. The van der Waals surface area contributed by atoms with E-state index < -0.39 is 8.07 Å². The number of hydrogen-bond acceptors (Lipinski definition) is 5. The molecule has 128 valence electrons. The van der Waals surface area contributed by atoms with Crippen molar-refractivity contribution in [1.82, 2.24) is 9.97 Å². The van der Waals surface area contributed by atoms with Gasteiger partial charge in [-0.1, -0.05) is 19.6 Å². The molecule has 1 aromatic rings. The van der Waals surface area contributed by atoms with E-state index in [9.17, 15) is 4.79 Å². The highest BCUT2D eigenvalue weighted by atomic mass is 28.3. The van der Waals surface area contributed by atoms with Gasteiger partial charge in [-0.05, 0) is 25.0 Å². The maximum atomic E-state index is 11.3. The number of nitrogens with zero attached hydrogens (tertiary/aromatic N) is 2. The van der Waals surface area contributed by atoms with E-state index in [4.69, 9.17) is 9.47 Å². The normalized spacial score (nSPS) is 16.7. The van der Waals surface area contributed by atoms with E-state index in [0.29, 0.717) is 37.9 Å². The minimum atomic E-state index is -1.04. The van der Waals surface area contributed by atoms with Crippen LogP contribution in [0.3, 0.4) is 0 Å². The fraction of sp³-hybridized carbons (Fsp3) is 0.706. The molecular weight excluding hydrogens is 308 g/mol. The summed E-state index contributed by atoms with van der Waals surface area (Å²) in [5.74, 6) is 1.51. The topological polar surface area (TPSA) is 61.3 Å². The summed E-state index contributed by atoms with van der Waals surface area (Å²) >= 11 is 0. The van der Waals surface area contributed by atoms with Crippen LogP contribution in [0.25, 0.3) is 0 Å². The van der Waals surface area contributed by atoms with Crippen molar-refractivity contribution in [1.29, 1.82) is 0 Å². The van der Waals surface area contributed by atoms with Crippen molar-refractivity contribution < 1.29 is 14.3 Å². The van der Waals surface area contributed by atoms with E-state index in [2.05, 4.69) is 29.6 Å². The van der Waals surface area contributed by atoms with Gasteiger partial charge in [0.2, 0.25) is 0 Å². The van der Waals surface area contributed by atoms with Gasteiger partial charge >= 0.3 is 0 Å².